The summed E-state index contributed by atoms with van der Waals surface area (Å²) in [6.45, 7) is 13.5. The lowest BCUT2D eigenvalue weighted by molar-refractivity contribution is -0.370. The van der Waals surface area contributed by atoms with E-state index >= 15 is 0 Å². The Bertz CT molecular complexity index is 922. The maximum absolute atomic E-state index is 13.9. The van der Waals surface area contributed by atoms with Gasteiger partial charge in [-0.3, -0.25) is 14.5 Å². The molecule has 4 aliphatic rings. The molecule has 0 aromatic carbocycles. The van der Waals surface area contributed by atoms with Crippen LogP contribution in [0, 0.1) is 16.7 Å². The molecule has 37 heavy (non-hydrogen) atoms. The van der Waals surface area contributed by atoms with Gasteiger partial charge >= 0.3 is 5.97 Å². The third-order valence-electron chi connectivity index (χ3n) is 9.90. The Morgan fingerprint density at radius 2 is 1.73 bits per heavy atom. The van der Waals surface area contributed by atoms with Crippen molar-refractivity contribution in [3.63, 3.8) is 0 Å². The number of likely N-dealkylation sites (tertiary alicyclic amines) is 1. The van der Waals surface area contributed by atoms with Crippen molar-refractivity contribution in [2.75, 3.05) is 19.6 Å². The largest absolute Gasteiger partial charge is 0.455 e. The lowest BCUT2D eigenvalue weighted by Gasteiger charge is -2.71. The molecule has 0 spiro atoms. The molecule has 10 heteroatoms. The van der Waals surface area contributed by atoms with Gasteiger partial charge in [-0.2, -0.15) is 0 Å². The van der Waals surface area contributed by atoms with Crippen LogP contribution in [0.2, 0.25) is 0 Å². The van der Waals surface area contributed by atoms with Gasteiger partial charge in [0.25, 0.3) is 0 Å². The molecule has 0 bridgehead atoms. The molecular weight excluding hydrogens is 502 g/mol. The zero-order valence-corrected chi connectivity index (χ0v) is 23.4. The number of fused-ring (bicyclic) bond motifs is 3. The van der Waals surface area contributed by atoms with Gasteiger partial charge in [-0.05, 0) is 44.9 Å². The minimum atomic E-state index is -2.23. The van der Waals surface area contributed by atoms with Gasteiger partial charge < -0.3 is 29.9 Å². The van der Waals surface area contributed by atoms with E-state index in [1.807, 2.05) is 18.7 Å². The fraction of sp³-hybridized carbons (Fsp3) is 0.852. The van der Waals surface area contributed by atoms with Gasteiger partial charge in [-0.25, -0.2) is 0 Å². The smallest absolute Gasteiger partial charge is 0.320 e. The fourth-order valence-electron chi connectivity index (χ4n) is 7.92. The molecule has 2 heterocycles. The molecule has 2 aliphatic heterocycles. The summed E-state index contributed by atoms with van der Waals surface area (Å²) in [7, 11) is 0. The van der Waals surface area contributed by atoms with Crippen molar-refractivity contribution in [2.45, 2.75) is 108 Å². The first-order valence-corrected chi connectivity index (χ1v) is 13.1. The first-order valence-electron chi connectivity index (χ1n) is 13.1. The number of ether oxygens (including phenoxy) is 2. The van der Waals surface area contributed by atoms with Crippen molar-refractivity contribution in [1.82, 2.24) is 4.90 Å². The van der Waals surface area contributed by atoms with E-state index in [1.165, 1.54) is 13.0 Å². The van der Waals surface area contributed by atoms with E-state index < -0.39 is 63.6 Å². The van der Waals surface area contributed by atoms with Crippen molar-refractivity contribution in [3.05, 3.63) is 12.7 Å². The highest BCUT2D eigenvalue weighted by Crippen LogP contribution is 2.67. The average Bonchev–Trinajstić information content (AvgIpc) is 2.79. The maximum Gasteiger partial charge on any atom is 0.320 e. The van der Waals surface area contributed by atoms with Crippen LogP contribution >= 0.6 is 12.4 Å². The van der Waals surface area contributed by atoms with E-state index in [9.17, 15) is 30.0 Å². The molecule has 0 radical (unpaired) electrons. The summed E-state index contributed by atoms with van der Waals surface area (Å²) >= 11 is 0. The van der Waals surface area contributed by atoms with Crippen LogP contribution in [0.3, 0.4) is 0 Å². The summed E-state index contributed by atoms with van der Waals surface area (Å²) in [6, 6.07) is 0. The number of carbonyl (C=O) groups is 2. The molecule has 4 rings (SSSR count). The molecule has 0 unspecified atom stereocenters. The second-order valence-electron chi connectivity index (χ2n) is 12.7. The van der Waals surface area contributed by atoms with Gasteiger partial charge in [0.1, 0.15) is 5.60 Å². The highest BCUT2D eigenvalue weighted by atomic mass is 35.5. The van der Waals surface area contributed by atoms with Crippen molar-refractivity contribution < 1.29 is 39.5 Å². The first-order chi connectivity index (χ1) is 16.6. The first kappa shape index (κ1) is 30.5. The summed E-state index contributed by atoms with van der Waals surface area (Å²) < 4.78 is 12.4. The minimum Gasteiger partial charge on any atom is -0.455 e. The lowest BCUT2D eigenvalue weighted by atomic mass is 9.40. The van der Waals surface area contributed by atoms with Crippen LogP contribution in [0.15, 0.2) is 12.7 Å². The zero-order valence-electron chi connectivity index (χ0n) is 22.6. The Kier molecular flexibility index (Phi) is 8.10. The predicted octanol–water partition coefficient (Wildman–Crippen LogP) is 1.38. The molecular formula is C27H44ClNO8. The standard InChI is InChI=1S/C27H43NO8.ClH/c1-7-24(4)14-18(31)27(34)25(5)17(30)8-11-23(2,3)21(25)20(33)22(26(27,6)36-24)35-19(32)15-28-12-9-16(29)10-13-28;/h7,16-17,20-22,29-30,33-34H,1,8-15H2,2-6H3;1H/t17-,20-,21-,22-,24-,25-,26+,27-;/m0./s1. The summed E-state index contributed by atoms with van der Waals surface area (Å²) in [4.78, 5) is 28.9. The number of esters is 1. The van der Waals surface area contributed by atoms with Crippen LogP contribution in [-0.4, -0.2) is 97.9 Å². The second-order valence-corrected chi connectivity index (χ2v) is 12.7. The fourth-order valence-corrected chi connectivity index (χ4v) is 7.92. The molecule has 2 saturated carbocycles. The van der Waals surface area contributed by atoms with E-state index in [0.717, 1.165) is 0 Å². The van der Waals surface area contributed by atoms with Gasteiger partial charge in [0.05, 0.1) is 30.5 Å². The number of hydrogen-bond donors (Lipinski definition) is 4. The second kappa shape index (κ2) is 9.84. The van der Waals surface area contributed by atoms with Gasteiger partial charge in [-0.1, -0.05) is 26.8 Å². The predicted molar refractivity (Wildman–Crippen MR) is 138 cm³/mol. The van der Waals surface area contributed by atoms with Crippen molar-refractivity contribution >= 4 is 24.2 Å². The summed E-state index contributed by atoms with van der Waals surface area (Å²) in [5.74, 6) is -1.89. The number of Topliss-reactive ketones (excluding diaryl/α,β-unsaturated/α-hetero) is 1. The van der Waals surface area contributed by atoms with Crippen molar-refractivity contribution in [2.24, 2.45) is 16.7 Å². The van der Waals surface area contributed by atoms with E-state index in [0.29, 0.717) is 38.8 Å². The molecule has 4 N–H and O–H groups in total. The normalized spacial score (nSPS) is 46.2. The summed E-state index contributed by atoms with van der Waals surface area (Å²) in [6.07, 6.45) is -0.794. The minimum absolute atomic E-state index is 0. The Labute approximate surface area is 225 Å². The molecule has 0 aromatic heterocycles. The summed E-state index contributed by atoms with van der Waals surface area (Å²) in [5.41, 5.74) is -7.27. The van der Waals surface area contributed by atoms with Crippen LogP contribution in [0.4, 0.5) is 0 Å². The number of ketones is 1. The Hall–Kier alpha value is -1.07. The Balaban J connectivity index is 0.00000380. The number of nitrogens with zero attached hydrogens (tertiary/aromatic N) is 1. The van der Waals surface area contributed by atoms with Gasteiger partial charge in [-0.15, -0.1) is 19.0 Å². The van der Waals surface area contributed by atoms with Crippen molar-refractivity contribution in [1.29, 1.82) is 0 Å². The lowest BCUT2D eigenvalue weighted by Crippen LogP contribution is -2.86. The third kappa shape index (κ3) is 4.39. The SMILES string of the molecule is C=C[C@@]1(C)CC(=O)[C@]2(O)[C@@]3(C)[C@@H](O)CCC(C)(C)[C@@H]3[C@H](O)[C@H](OC(=O)CN3CCC(O)CC3)[C@@]2(C)O1.Cl. The number of aliphatic hydroxyl groups is 4. The monoisotopic (exact) mass is 545 g/mol. The maximum atomic E-state index is 13.9. The van der Waals surface area contributed by atoms with Crippen LogP contribution < -0.4 is 0 Å². The van der Waals surface area contributed by atoms with Crippen LogP contribution in [0.5, 0.6) is 0 Å². The van der Waals surface area contributed by atoms with E-state index in [-0.39, 0.29) is 31.5 Å². The topological polar surface area (TPSA) is 137 Å². The number of aliphatic hydroxyl groups excluding tert-OH is 3. The van der Waals surface area contributed by atoms with Crippen molar-refractivity contribution in [3.8, 4) is 0 Å². The molecule has 8 atom stereocenters. The highest BCUT2D eigenvalue weighted by molar-refractivity contribution is 5.92. The van der Waals surface area contributed by atoms with Crippen LogP contribution in [-0.2, 0) is 19.1 Å². The molecule has 0 aromatic rings. The number of carbonyl (C=O) groups excluding carboxylic acids is 2. The van der Waals surface area contributed by atoms with E-state index in [1.54, 1.807) is 13.8 Å². The molecule has 2 aliphatic carbocycles. The number of halogens is 1. The Morgan fingerprint density at radius 3 is 2.30 bits per heavy atom. The van der Waals surface area contributed by atoms with Gasteiger partial charge in [0, 0.05) is 30.8 Å². The quantitative estimate of drug-likeness (QED) is 0.305. The third-order valence-corrected chi connectivity index (χ3v) is 9.90. The number of hydrogen-bond acceptors (Lipinski definition) is 9. The molecule has 4 fully saturated rings. The number of piperidine rings is 1. The van der Waals surface area contributed by atoms with Gasteiger partial charge in [0.15, 0.2) is 17.5 Å². The average molecular weight is 546 g/mol. The molecule has 0 amide bonds. The van der Waals surface area contributed by atoms with Crippen LogP contribution in [0.25, 0.3) is 0 Å². The zero-order chi connectivity index (χ0) is 26.9. The molecule has 2 saturated heterocycles. The number of rotatable bonds is 4. The molecule has 212 valence electrons. The summed E-state index contributed by atoms with van der Waals surface area (Å²) in [5, 5.41) is 45.4. The highest BCUT2D eigenvalue weighted by Gasteiger charge is 2.81. The van der Waals surface area contributed by atoms with Gasteiger partial charge in [0.2, 0.25) is 0 Å². The molecule has 9 nitrogen and oxygen atoms in total. The Morgan fingerprint density at radius 1 is 1.14 bits per heavy atom. The van der Waals surface area contributed by atoms with Crippen LogP contribution in [0.1, 0.15) is 66.7 Å². The van der Waals surface area contributed by atoms with E-state index in [4.69, 9.17) is 9.47 Å². The van der Waals surface area contributed by atoms with E-state index in [2.05, 4.69) is 6.58 Å².